The third-order valence-electron chi connectivity index (χ3n) is 3.81. The number of esters is 1. The molecule has 1 aromatic heterocycles. The number of ether oxygens (including phenoxy) is 1. The average Bonchev–Trinajstić information content (AvgIpc) is 2.91. The first-order valence-electron chi connectivity index (χ1n) is 8.27. The van der Waals surface area contributed by atoms with Crippen LogP contribution in [0.4, 0.5) is 0 Å². The van der Waals surface area contributed by atoms with Gasteiger partial charge in [-0.2, -0.15) is 4.57 Å². The number of carbonyl (C=O) groups is 1. The van der Waals surface area contributed by atoms with Crippen LogP contribution in [0, 0.1) is 0 Å². The lowest BCUT2D eigenvalue weighted by molar-refractivity contribution is -0.663. The van der Waals surface area contributed by atoms with Gasteiger partial charge in [0.05, 0.1) is 6.10 Å². The van der Waals surface area contributed by atoms with Crippen molar-refractivity contribution in [2.75, 3.05) is 0 Å². The lowest BCUT2D eigenvalue weighted by Crippen LogP contribution is -2.41. The van der Waals surface area contributed by atoms with Crippen LogP contribution in [0.5, 0.6) is 0 Å². The van der Waals surface area contributed by atoms with Gasteiger partial charge in [-0.25, -0.2) is 4.79 Å². The molecule has 0 saturated carbocycles. The Labute approximate surface area is 163 Å². The summed E-state index contributed by atoms with van der Waals surface area (Å²) in [6.45, 7) is 4.03. The van der Waals surface area contributed by atoms with Crippen LogP contribution in [0.15, 0.2) is 54.6 Å². The predicted octanol–water partition coefficient (Wildman–Crippen LogP) is 4.50. The smallest absolute Gasteiger partial charge is 0.372 e. The van der Waals surface area contributed by atoms with E-state index in [-0.39, 0.29) is 35.6 Å². The zero-order valence-corrected chi connectivity index (χ0v) is 17.0. The van der Waals surface area contributed by atoms with Crippen LogP contribution >= 0.6 is 28.3 Å². The van der Waals surface area contributed by atoms with E-state index in [1.807, 2.05) is 32.0 Å². The molecule has 3 aromatic rings. The van der Waals surface area contributed by atoms with E-state index in [1.54, 1.807) is 11.3 Å². The fourth-order valence-corrected chi connectivity index (χ4v) is 3.93. The average molecular weight is 421 g/mol. The van der Waals surface area contributed by atoms with E-state index in [0.717, 1.165) is 18.4 Å². The minimum absolute atomic E-state index is 0. The molecule has 3 rings (SSSR count). The maximum Gasteiger partial charge on any atom is 0.372 e. The summed E-state index contributed by atoms with van der Waals surface area (Å²) >= 11 is 1.76. The van der Waals surface area contributed by atoms with Crippen molar-refractivity contribution in [1.82, 2.24) is 0 Å². The van der Waals surface area contributed by atoms with E-state index in [1.165, 1.54) is 15.3 Å². The molecule has 2 aromatic carbocycles. The Morgan fingerprint density at radius 3 is 2.44 bits per heavy atom. The van der Waals surface area contributed by atoms with Gasteiger partial charge in [-0.3, -0.25) is 0 Å². The van der Waals surface area contributed by atoms with Crippen molar-refractivity contribution in [2.45, 2.75) is 39.3 Å². The zero-order chi connectivity index (χ0) is 16.9. The summed E-state index contributed by atoms with van der Waals surface area (Å²) in [5.41, 5.74) is 2.41. The third-order valence-corrected chi connectivity index (χ3v) is 5.03. The fourth-order valence-electron chi connectivity index (χ4n) is 2.77. The number of rotatable bonds is 6. The van der Waals surface area contributed by atoms with Crippen molar-refractivity contribution >= 4 is 44.5 Å². The van der Waals surface area contributed by atoms with Crippen LogP contribution in [0.2, 0.25) is 0 Å². The highest BCUT2D eigenvalue weighted by Crippen LogP contribution is 2.21. The number of aromatic nitrogens is 1. The number of carbonyl (C=O) groups excluding carboxylic acids is 1. The van der Waals surface area contributed by atoms with Gasteiger partial charge in [0.25, 0.3) is 0 Å². The van der Waals surface area contributed by atoms with Crippen LogP contribution in [0.25, 0.3) is 10.2 Å². The molecular formula is C20H23BrNO2S+. The Hall–Kier alpha value is -1.72. The molecule has 3 nitrogen and oxygen atoms in total. The molecule has 25 heavy (non-hydrogen) atoms. The Bertz CT molecular complexity index is 830. The molecule has 0 aliphatic carbocycles. The third kappa shape index (κ3) is 5.13. The number of aryl methyl sites for hydroxylation is 2. The normalized spacial score (nSPS) is 10.7. The predicted molar refractivity (Wildman–Crippen MR) is 107 cm³/mol. The SMILES string of the molecule is Br.CC(C)OC(=O)C[n+]1c(CCc2ccccc2)sc2ccccc21. The van der Waals surface area contributed by atoms with Gasteiger partial charge in [0.2, 0.25) is 17.1 Å². The van der Waals surface area contributed by atoms with Crippen molar-refractivity contribution in [3.05, 3.63) is 65.2 Å². The van der Waals surface area contributed by atoms with Crippen molar-refractivity contribution < 1.29 is 14.1 Å². The summed E-state index contributed by atoms with van der Waals surface area (Å²) in [6.07, 6.45) is 1.79. The molecule has 0 aliphatic rings. The Morgan fingerprint density at radius 1 is 1.04 bits per heavy atom. The number of thiazole rings is 1. The molecular weight excluding hydrogens is 398 g/mol. The molecule has 0 aliphatic heterocycles. The van der Waals surface area contributed by atoms with Crippen LogP contribution in [0.3, 0.4) is 0 Å². The first-order chi connectivity index (χ1) is 11.6. The number of hydrogen-bond acceptors (Lipinski definition) is 3. The molecule has 0 N–H and O–H groups in total. The van der Waals surface area contributed by atoms with E-state index in [4.69, 9.17) is 4.74 Å². The Balaban J connectivity index is 0.00000225. The summed E-state index contributed by atoms with van der Waals surface area (Å²) in [4.78, 5) is 12.2. The first-order valence-corrected chi connectivity index (χ1v) is 9.09. The maximum atomic E-state index is 12.2. The number of benzene rings is 2. The van der Waals surface area contributed by atoms with Crippen LogP contribution in [-0.2, 0) is 28.9 Å². The van der Waals surface area contributed by atoms with E-state index in [9.17, 15) is 4.79 Å². The highest BCUT2D eigenvalue weighted by molar-refractivity contribution is 8.93. The standard InChI is InChI=1S/C20H22NO2S.BrH/c1-15(2)23-20(22)14-21-17-10-6-7-11-18(17)24-19(21)13-12-16-8-4-3-5-9-16;/h3-11,15H,12-14H2,1-2H3;1H/q+1;. The minimum Gasteiger partial charge on any atom is -0.458 e. The number of nitrogens with zero attached hydrogens (tertiary/aromatic N) is 1. The molecule has 0 unspecified atom stereocenters. The van der Waals surface area contributed by atoms with Crippen molar-refractivity contribution in [3.63, 3.8) is 0 Å². The summed E-state index contributed by atoms with van der Waals surface area (Å²) in [5, 5.41) is 1.21. The molecule has 0 spiro atoms. The topological polar surface area (TPSA) is 30.2 Å². The van der Waals surface area contributed by atoms with Crippen LogP contribution in [0.1, 0.15) is 24.4 Å². The zero-order valence-electron chi connectivity index (χ0n) is 14.5. The lowest BCUT2D eigenvalue weighted by atomic mass is 10.1. The van der Waals surface area contributed by atoms with Gasteiger partial charge in [-0.1, -0.05) is 53.8 Å². The summed E-state index contributed by atoms with van der Waals surface area (Å²) < 4.78 is 8.65. The monoisotopic (exact) mass is 420 g/mol. The van der Waals surface area contributed by atoms with Gasteiger partial charge < -0.3 is 4.74 Å². The van der Waals surface area contributed by atoms with Gasteiger partial charge in [0, 0.05) is 12.5 Å². The molecule has 5 heteroatoms. The summed E-state index contributed by atoms with van der Waals surface area (Å²) in [6, 6.07) is 18.7. The Kier molecular flexibility index (Phi) is 7.14. The van der Waals surface area contributed by atoms with Crippen molar-refractivity contribution in [1.29, 1.82) is 0 Å². The number of halogens is 1. The molecule has 0 radical (unpaired) electrons. The van der Waals surface area contributed by atoms with E-state index < -0.39 is 0 Å². The second-order valence-corrected chi connectivity index (χ2v) is 7.19. The molecule has 132 valence electrons. The number of hydrogen-bond donors (Lipinski definition) is 0. The van der Waals surface area contributed by atoms with Gasteiger partial charge in [0.1, 0.15) is 4.70 Å². The molecule has 0 fully saturated rings. The largest absolute Gasteiger partial charge is 0.458 e. The van der Waals surface area contributed by atoms with Gasteiger partial charge in [-0.05, 0) is 31.9 Å². The Morgan fingerprint density at radius 2 is 1.72 bits per heavy atom. The highest BCUT2D eigenvalue weighted by atomic mass is 79.9. The van der Waals surface area contributed by atoms with Crippen molar-refractivity contribution in [3.8, 4) is 0 Å². The molecule has 0 amide bonds. The molecule has 1 heterocycles. The first kappa shape index (κ1) is 19.6. The van der Waals surface area contributed by atoms with Gasteiger partial charge in [-0.15, -0.1) is 17.0 Å². The summed E-state index contributed by atoms with van der Waals surface area (Å²) in [7, 11) is 0. The molecule has 0 saturated heterocycles. The molecule has 0 bridgehead atoms. The lowest BCUT2D eigenvalue weighted by Gasteiger charge is -2.06. The second-order valence-electron chi connectivity index (χ2n) is 6.07. The summed E-state index contributed by atoms with van der Waals surface area (Å²) in [5.74, 6) is -0.181. The second kappa shape index (κ2) is 9.11. The van der Waals surface area contributed by atoms with E-state index >= 15 is 0 Å². The highest BCUT2D eigenvalue weighted by Gasteiger charge is 2.23. The van der Waals surface area contributed by atoms with Crippen molar-refractivity contribution in [2.24, 2.45) is 0 Å². The van der Waals surface area contributed by atoms with Crippen LogP contribution in [-0.4, -0.2) is 12.1 Å². The van der Waals surface area contributed by atoms with Gasteiger partial charge in [0.15, 0.2) is 0 Å². The van der Waals surface area contributed by atoms with E-state index in [0.29, 0.717) is 0 Å². The minimum atomic E-state index is -0.181. The van der Waals surface area contributed by atoms with E-state index in [2.05, 4.69) is 41.0 Å². The van der Waals surface area contributed by atoms with Gasteiger partial charge >= 0.3 is 5.97 Å². The fraction of sp³-hybridized carbons (Fsp3) is 0.300. The van der Waals surface area contributed by atoms with Crippen LogP contribution < -0.4 is 4.57 Å². The number of fused-ring (bicyclic) bond motifs is 1. The maximum absolute atomic E-state index is 12.2. The number of para-hydroxylation sites is 1. The molecule has 0 atom stereocenters. The quantitative estimate of drug-likeness (QED) is 0.433.